The minimum Gasteiger partial charge on any atom is -0.207 e. The molecule has 1 aromatic carbocycles. The lowest BCUT2D eigenvalue weighted by molar-refractivity contribution is 0.555. The van der Waals surface area contributed by atoms with Crippen LogP contribution in [0, 0.1) is 18.2 Å². The maximum absolute atomic E-state index is 12.8. The molecule has 1 aromatic heterocycles. The zero-order chi connectivity index (χ0) is 9.97. The average Bonchev–Trinajstić information content (AvgIpc) is 2.56. The van der Waals surface area contributed by atoms with Gasteiger partial charge in [-0.25, -0.2) is 4.39 Å². The summed E-state index contributed by atoms with van der Waals surface area (Å²) in [6.07, 6.45) is 5.69. The molecule has 0 saturated carbocycles. The number of benzene rings is 1. The molecular weight excluding hydrogens is 181 g/mol. The number of terminal acetylenes is 1. The van der Waals surface area contributed by atoms with Gasteiger partial charge in [0.1, 0.15) is 16.9 Å². The predicted molar refractivity (Wildman–Crippen MR) is 50.9 cm³/mol. The number of fused-ring (bicyclic) bond motifs is 1. The zero-order valence-electron chi connectivity index (χ0n) is 7.44. The Morgan fingerprint density at radius 3 is 2.93 bits per heavy atom. The van der Waals surface area contributed by atoms with Gasteiger partial charge in [0.2, 0.25) is 0 Å². The van der Waals surface area contributed by atoms with Gasteiger partial charge in [-0.15, -0.1) is 12.3 Å². The zero-order valence-corrected chi connectivity index (χ0v) is 7.44. The van der Waals surface area contributed by atoms with Crippen molar-refractivity contribution in [1.82, 2.24) is 15.0 Å². The smallest absolute Gasteiger partial charge is 0.125 e. The van der Waals surface area contributed by atoms with Crippen molar-refractivity contribution in [1.29, 1.82) is 0 Å². The van der Waals surface area contributed by atoms with Gasteiger partial charge < -0.3 is 0 Å². The van der Waals surface area contributed by atoms with Gasteiger partial charge in [0.25, 0.3) is 0 Å². The monoisotopic (exact) mass is 189 g/mol. The van der Waals surface area contributed by atoms with E-state index >= 15 is 0 Å². The highest BCUT2D eigenvalue weighted by Gasteiger charge is 2.02. The standard InChI is InChI=1S/C10H8FN3/c1-2-3-6-14-12-9-5-4-8(11)7-10(9)13-14/h1,4-5,7H,3,6H2. The second kappa shape index (κ2) is 3.46. The topological polar surface area (TPSA) is 30.7 Å². The van der Waals surface area contributed by atoms with Crippen molar-refractivity contribution >= 4 is 11.0 Å². The van der Waals surface area contributed by atoms with Crippen LogP contribution >= 0.6 is 0 Å². The first-order valence-corrected chi connectivity index (χ1v) is 4.23. The highest BCUT2D eigenvalue weighted by atomic mass is 19.1. The Morgan fingerprint density at radius 1 is 1.36 bits per heavy atom. The Bertz CT molecular complexity index is 496. The summed E-state index contributed by atoms with van der Waals surface area (Å²) < 4.78 is 12.8. The van der Waals surface area contributed by atoms with Crippen molar-refractivity contribution < 1.29 is 4.39 Å². The third-order valence-corrected chi connectivity index (χ3v) is 1.84. The Hall–Kier alpha value is -1.89. The molecule has 0 aliphatic heterocycles. The molecule has 0 radical (unpaired) electrons. The van der Waals surface area contributed by atoms with Crippen LogP contribution in [0.3, 0.4) is 0 Å². The van der Waals surface area contributed by atoms with Gasteiger partial charge in [0.05, 0.1) is 6.54 Å². The number of nitrogens with zero attached hydrogens (tertiary/aromatic N) is 3. The number of hydrogen-bond donors (Lipinski definition) is 0. The lowest BCUT2D eigenvalue weighted by Crippen LogP contribution is -2.00. The molecule has 0 aliphatic rings. The molecule has 0 atom stereocenters. The Labute approximate surface area is 80.5 Å². The molecular formula is C10H8FN3. The molecule has 0 amide bonds. The molecule has 0 fully saturated rings. The van der Waals surface area contributed by atoms with Crippen LogP contribution < -0.4 is 0 Å². The summed E-state index contributed by atoms with van der Waals surface area (Å²) in [6.45, 7) is 0.562. The molecule has 3 nitrogen and oxygen atoms in total. The fourth-order valence-electron chi connectivity index (χ4n) is 1.20. The quantitative estimate of drug-likeness (QED) is 0.672. The van der Waals surface area contributed by atoms with Gasteiger partial charge in [-0.2, -0.15) is 15.0 Å². The molecule has 4 heteroatoms. The van der Waals surface area contributed by atoms with Crippen molar-refractivity contribution in [2.75, 3.05) is 0 Å². The van der Waals surface area contributed by atoms with Crippen molar-refractivity contribution in [2.45, 2.75) is 13.0 Å². The maximum atomic E-state index is 12.8. The van der Waals surface area contributed by atoms with E-state index in [1.54, 1.807) is 6.07 Å². The van der Waals surface area contributed by atoms with Crippen molar-refractivity contribution in [2.24, 2.45) is 0 Å². The lowest BCUT2D eigenvalue weighted by atomic mass is 10.3. The Kier molecular flexibility index (Phi) is 2.15. The average molecular weight is 189 g/mol. The van der Waals surface area contributed by atoms with E-state index in [-0.39, 0.29) is 5.82 Å². The predicted octanol–water partition coefficient (Wildman–Crippen LogP) is 1.59. The summed E-state index contributed by atoms with van der Waals surface area (Å²) in [4.78, 5) is 1.49. The normalized spacial score (nSPS) is 10.3. The Morgan fingerprint density at radius 2 is 2.14 bits per heavy atom. The van der Waals surface area contributed by atoms with Crippen molar-refractivity contribution in [3.8, 4) is 12.3 Å². The van der Waals surface area contributed by atoms with E-state index in [4.69, 9.17) is 6.42 Å². The lowest BCUT2D eigenvalue weighted by Gasteiger charge is -1.90. The number of hydrogen-bond acceptors (Lipinski definition) is 2. The van der Waals surface area contributed by atoms with Crippen molar-refractivity contribution in [3.63, 3.8) is 0 Å². The number of halogens is 1. The fourth-order valence-corrected chi connectivity index (χ4v) is 1.20. The van der Waals surface area contributed by atoms with Gasteiger partial charge in [-0.3, -0.25) is 0 Å². The van der Waals surface area contributed by atoms with E-state index in [2.05, 4.69) is 16.1 Å². The number of aryl methyl sites for hydroxylation is 1. The second-order valence-corrected chi connectivity index (χ2v) is 2.88. The van der Waals surface area contributed by atoms with E-state index in [9.17, 15) is 4.39 Å². The third kappa shape index (κ3) is 1.57. The van der Waals surface area contributed by atoms with E-state index in [0.717, 1.165) is 0 Å². The van der Waals surface area contributed by atoms with Crippen LogP contribution in [0.25, 0.3) is 11.0 Å². The second-order valence-electron chi connectivity index (χ2n) is 2.88. The third-order valence-electron chi connectivity index (χ3n) is 1.84. The minimum absolute atomic E-state index is 0.304. The van der Waals surface area contributed by atoms with Crippen LogP contribution in [0.15, 0.2) is 18.2 Å². The summed E-state index contributed by atoms with van der Waals surface area (Å²) in [6, 6.07) is 4.32. The van der Waals surface area contributed by atoms with Gasteiger partial charge in [0.15, 0.2) is 0 Å². The molecule has 0 spiro atoms. The molecule has 14 heavy (non-hydrogen) atoms. The molecule has 1 heterocycles. The molecule has 0 saturated heterocycles. The first kappa shape index (κ1) is 8.70. The van der Waals surface area contributed by atoms with Gasteiger partial charge in [-0.05, 0) is 12.1 Å². The van der Waals surface area contributed by atoms with Crippen molar-refractivity contribution in [3.05, 3.63) is 24.0 Å². The van der Waals surface area contributed by atoms with Crippen LogP contribution in [-0.2, 0) is 6.54 Å². The molecule has 70 valence electrons. The Balaban J connectivity index is 2.37. The summed E-state index contributed by atoms with van der Waals surface area (Å²) in [5.41, 5.74) is 1.24. The van der Waals surface area contributed by atoms with Gasteiger partial charge in [-0.1, -0.05) is 0 Å². The summed E-state index contributed by atoms with van der Waals surface area (Å²) in [5.74, 6) is 2.19. The van der Waals surface area contributed by atoms with Crippen LogP contribution in [0.5, 0.6) is 0 Å². The van der Waals surface area contributed by atoms with E-state index < -0.39 is 0 Å². The SMILES string of the molecule is C#CCCn1nc2ccc(F)cc2n1. The highest BCUT2D eigenvalue weighted by molar-refractivity contribution is 5.73. The molecule has 0 N–H and O–H groups in total. The molecule has 2 aromatic rings. The molecule has 2 rings (SSSR count). The summed E-state index contributed by atoms with van der Waals surface area (Å²) in [7, 11) is 0. The molecule has 0 unspecified atom stereocenters. The maximum Gasteiger partial charge on any atom is 0.125 e. The van der Waals surface area contributed by atoms with E-state index in [1.165, 1.54) is 16.9 Å². The number of aromatic nitrogens is 3. The summed E-state index contributed by atoms with van der Waals surface area (Å²) in [5, 5.41) is 8.22. The summed E-state index contributed by atoms with van der Waals surface area (Å²) >= 11 is 0. The first-order valence-electron chi connectivity index (χ1n) is 4.23. The van der Waals surface area contributed by atoms with Gasteiger partial charge in [0, 0.05) is 12.5 Å². The van der Waals surface area contributed by atoms with E-state index in [0.29, 0.717) is 24.0 Å². The fraction of sp³-hybridized carbons (Fsp3) is 0.200. The van der Waals surface area contributed by atoms with Crippen LogP contribution in [0.4, 0.5) is 4.39 Å². The molecule has 0 bridgehead atoms. The van der Waals surface area contributed by atoms with E-state index in [1.807, 2.05) is 0 Å². The minimum atomic E-state index is -0.304. The molecule has 0 aliphatic carbocycles. The van der Waals surface area contributed by atoms with Crippen LogP contribution in [-0.4, -0.2) is 15.0 Å². The largest absolute Gasteiger partial charge is 0.207 e. The number of rotatable bonds is 2. The highest BCUT2D eigenvalue weighted by Crippen LogP contribution is 2.10. The van der Waals surface area contributed by atoms with Gasteiger partial charge >= 0.3 is 0 Å². The first-order chi connectivity index (χ1) is 6.79. The van der Waals surface area contributed by atoms with Crippen LogP contribution in [0.1, 0.15) is 6.42 Å². The van der Waals surface area contributed by atoms with Crippen LogP contribution in [0.2, 0.25) is 0 Å².